The van der Waals surface area contributed by atoms with E-state index in [0.717, 1.165) is 61.3 Å². The summed E-state index contributed by atoms with van der Waals surface area (Å²) < 4.78 is 16.9. The third-order valence-corrected chi connectivity index (χ3v) is 13.4. The fourth-order valence-corrected chi connectivity index (χ4v) is 9.55. The number of piperazine rings is 1. The van der Waals surface area contributed by atoms with Crippen molar-refractivity contribution in [2.75, 3.05) is 96.1 Å². The number of likely N-dealkylation sites (tertiary alicyclic amines) is 1. The molecule has 1 unspecified atom stereocenters. The van der Waals surface area contributed by atoms with Crippen LogP contribution in [-0.2, 0) is 33.4 Å². The lowest BCUT2D eigenvalue weighted by Crippen LogP contribution is -2.54. The van der Waals surface area contributed by atoms with Crippen molar-refractivity contribution < 1.29 is 47.8 Å². The molecule has 18 heteroatoms. The van der Waals surface area contributed by atoms with Crippen LogP contribution >= 0.6 is 11.8 Å². The smallest absolute Gasteiger partial charge is 0.263 e. The van der Waals surface area contributed by atoms with Crippen LogP contribution in [0.2, 0.25) is 0 Å². The van der Waals surface area contributed by atoms with E-state index in [2.05, 4.69) is 20.5 Å². The van der Waals surface area contributed by atoms with Crippen LogP contribution in [0.3, 0.4) is 0 Å². The highest BCUT2D eigenvalue weighted by Gasteiger charge is 2.45. The van der Waals surface area contributed by atoms with Gasteiger partial charge in [-0.05, 0) is 85.7 Å². The number of carbonyl (C=O) groups is 7. The highest BCUT2D eigenvalue weighted by Crippen LogP contribution is 2.34. The van der Waals surface area contributed by atoms with E-state index in [9.17, 15) is 33.6 Å². The summed E-state index contributed by atoms with van der Waals surface area (Å²) in [5.74, 6) is -1.14. The second-order valence-corrected chi connectivity index (χ2v) is 17.9. The number of rotatable bonds is 22. The fraction of sp³-hybridized carbons (Fsp3) is 0.469. The fourth-order valence-electron chi connectivity index (χ4n) is 8.62. The Bertz CT molecular complexity index is 2250. The largest absolute Gasteiger partial charge is 0.378 e. The topological polar surface area (TPSA) is 197 Å². The molecule has 7 rings (SSSR count). The predicted octanol–water partition coefficient (Wildman–Crippen LogP) is 3.83. The lowest BCUT2D eigenvalue weighted by atomic mass is 9.91. The third-order valence-electron chi connectivity index (χ3n) is 12.3. The molecule has 0 saturated carbocycles. The molecular formula is C49H59N7O10S. The maximum atomic E-state index is 13.3. The number of pyridine rings is 1. The minimum atomic E-state index is -1.01. The van der Waals surface area contributed by atoms with Crippen molar-refractivity contribution in [1.29, 1.82) is 0 Å². The number of ether oxygens (including phenoxy) is 3. The van der Waals surface area contributed by atoms with E-state index in [0.29, 0.717) is 81.3 Å². The Kier molecular flexibility index (Phi) is 18.1. The Balaban J connectivity index is 0.690. The number of anilines is 1. The van der Waals surface area contributed by atoms with Crippen LogP contribution in [0.15, 0.2) is 78.0 Å². The van der Waals surface area contributed by atoms with Crippen molar-refractivity contribution in [3.05, 3.63) is 95.3 Å². The van der Waals surface area contributed by atoms with Crippen LogP contribution in [0.5, 0.6) is 0 Å². The summed E-state index contributed by atoms with van der Waals surface area (Å²) in [5.41, 5.74) is 3.10. The predicted molar refractivity (Wildman–Crippen MR) is 250 cm³/mol. The lowest BCUT2D eigenvalue weighted by Gasteiger charge is -2.36. The highest BCUT2D eigenvalue weighted by atomic mass is 32.2. The number of nitrogens with zero attached hydrogens (tertiary/aromatic N) is 5. The molecule has 4 aliphatic heterocycles. The SMILES string of the molecule is O=C(/C=C/c1cccnc1)NCCCCC1CCN(C(=O)c2ccc(N3CCN(C(=O)COCCOCCOCCSc4cccc5c4C(=O)N(C4CCC(=O)NC4=O)C5=O)CC3)cc2)CC1. The van der Waals surface area contributed by atoms with Crippen LogP contribution in [0.4, 0.5) is 5.69 Å². The van der Waals surface area contributed by atoms with Crippen molar-refractivity contribution in [2.24, 2.45) is 5.92 Å². The van der Waals surface area contributed by atoms with Crippen molar-refractivity contribution in [3.8, 4) is 0 Å². The van der Waals surface area contributed by atoms with Gasteiger partial charge in [-0.15, -0.1) is 11.8 Å². The number of thioether (sulfide) groups is 1. The van der Waals surface area contributed by atoms with Gasteiger partial charge in [0.1, 0.15) is 12.6 Å². The Morgan fingerprint density at radius 1 is 0.791 bits per heavy atom. The first kappa shape index (κ1) is 49.0. The van der Waals surface area contributed by atoms with Crippen LogP contribution in [0, 0.1) is 5.92 Å². The van der Waals surface area contributed by atoms with E-state index >= 15 is 0 Å². The summed E-state index contributed by atoms with van der Waals surface area (Å²) in [5, 5.41) is 5.16. The van der Waals surface area contributed by atoms with Gasteiger partial charge in [0.05, 0.1) is 44.2 Å². The van der Waals surface area contributed by atoms with E-state index in [1.165, 1.54) is 17.8 Å². The number of hydrogen-bond acceptors (Lipinski definition) is 13. The number of carbonyl (C=O) groups excluding carboxylic acids is 7. The van der Waals surface area contributed by atoms with Crippen molar-refractivity contribution in [3.63, 3.8) is 0 Å². The average molecular weight is 938 g/mol. The van der Waals surface area contributed by atoms with Crippen LogP contribution in [-0.4, -0.2) is 158 Å². The van der Waals surface area contributed by atoms with Gasteiger partial charge in [0.15, 0.2) is 0 Å². The zero-order valence-corrected chi connectivity index (χ0v) is 38.6. The van der Waals surface area contributed by atoms with Crippen LogP contribution in [0.25, 0.3) is 6.08 Å². The number of nitrogens with one attached hydrogen (secondary N) is 2. The maximum Gasteiger partial charge on any atom is 0.263 e. The Morgan fingerprint density at radius 2 is 1.54 bits per heavy atom. The molecule has 3 fully saturated rings. The first-order chi connectivity index (χ1) is 32.7. The molecule has 1 atom stereocenters. The standard InChI is InChI=1S/C49H59N7O10S/c57-42(15-9-36-6-4-19-50-33-36)51-20-2-1-5-35-17-21-55(22-18-35)47(61)37-10-12-38(13-11-37)53-23-25-54(26-24-53)44(59)34-66-30-29-64-27-28-65-31-32-67-41-8-3-7-39-45(41)49(63)56(48(39)62)40-14-16-43(58)52-46(40)60/h3-4,6-13,15,19,33,35,40H,1-2,5,14,16-18,20-32,34H2,(H,51,57)(H,52,58,60)/b15-9+. The number of unbranched alkanes of at least 4 members (excludes halogenated alkanes) is 1. The Labute approximate surface area is 394 Å². The second kappa shape index (κ2) is 24.7. The molecule has 3 saturated heterocycles. The summed E-state index contributed by atoms with van der Waals surface area (Å²) in [7, 11) is 0. The summed E-state index contributed by atoms with van der Waals surface area (Å²) in [6.07, 6.45) is 11.9. The molecule has 2 aromatic carbocycles. The number of aromatic nitrogens is 1. The van der Waals surface area contributed by atoms with Gasteiger partial charge in [0, 0.05) is 92.6 Å². The van der Waals surface area contributed by atoms with E-state index in [4.69, 9.17) is 14.2 Å². The van der Waals surface area contributed by atoms with Crippen LogP contribution in [0.1, 0.15) is 81.6 Å². The first-order valence-corrected chi connectivity index (χ1v) is 24.1. The van der Waals surface area contributed by atoms with Gasteiger partial charge in [-0.1, -0.05) is 25.0 Å². The molecule has 67 heavy (non-hydrogen) atoms. The van der Waals surface area contributed by atoms with Gasteiger partial charge >= 0.3 is 0 Å². The number of piperidine rings is 2. The molecule has 0 aliphatic carbocycles. The number of amides is 7. The van der Waals surface area contributed by atoms with Gasteiger partial charge in [-0.3, -0.25) is 48.8 Å². The number of fused-ring (bicyclic) bond motifs is 1. The third kappa shape index (κ3) is 13.6. The van der Waals surface area contributed by atoms with E-state index in [-0.39, 0.29) is 54.9 Å². The van der Waals surface area contributed by atoms with E-state index in [1.807, 2.05) is 41.3 Å². The molecule has 1 aromatic heterocycles. The van der Waals surface area contributed by atoms with Crippen molar-refractivity contribution >= 4 is 64.9 Å². The van der Waals surface area contributed by atoms with Crippen LogP contribution < -0.4 is 15.5 Å². The molecule has 0 radical (unpaired) electrons. The number of imide groups is 2. The molecule has 3 aromatic rings. The monoisotopic (exact) mass is 937 g/mol. The Morgan fingerprint density at radius 3 is 2.27 bits per heavy atom. The molecule has 17 nitrogen and oxygen atoms in total. The minimum Gasteiger partial charge on any atom is -0.378 e. The maximum absolute atomic E-state index is 13.3. The molecule has 7 amide bonds. The minimum absolute atomic E-state index is 0.0280. The molecule has 356 valence electrons. The summed E-state index contributed by atoms with van der Waals surface area (Å²) in [6, 6.07) is 15.5. The molecule has 5 heterocycles. The van der Waals surface area contributed by atoms with E-state index in [1.54, 1.807) is 41.6 Å². The van der Waals surface area contributed by atoms with E-state index < -0.39 is 29.7 Å². The van der Waals surface area contributed by atoms with Gasteiger partial charge in [0.25, 0.3) is 17.7 Å². The molecular weight excluding hydrogens is 879 g/mol. The van der Waals surface area contributed by atoms with Gasteiger partial charge in [-0.2, -0.15) is 0 Å². The number of hydrogen-bond donors (Lipinski definition) is 2. The Hall–Kier alpha value is -5.95. The molecule has 0 bridgehead atoms. The molecule has 4 aliphatic rings. The number of benzene rings is 2. The van der Waals surface area contributed by atoms with Gasteiger partial charge in [0.2, 0.25) is 23.6 Å². The van der Waals surface area contributed by atoms with Crippen molar-refractivity contribution in [1.82, 2.24) is 30.3 Å². The summed E-state index contributed by atoms with van der Waals surface area (Å²) >= 11 is 1.38. The highest BCUT2D eigenvalue weighted by molar-refractivity contribution is 7.99. The average Bonchev–Trinajstić information content (AvgIpc) is 3.61. The van der Waals surface area contributed by atoms with Gasteiger partial charge in [-0.25, -0.2) is 0 Å². The molecule has 0 spiro atoms. The second-order valence-electron chi connectivity index (χ2n) is 16.8. The first-order valence-electron chi connectivity index (χ1n) is 23.1. The normalized spacial score (nSPS) is 17.9. The molecule has 2 N–H and O–H groups in total. The zero-order valence-electron chi connectivity index (χ0n) is 37.7. The summed E-state index contributed by atoms with van der Waals surface area (Å²) in [6.45, 7) is 6.25. The lowest BCUT2D eigenvalue weighted by molar-refractivity contribution is -0.137. The van der Waals surface area contributed by atoms with Gasteiger partial charge < -0.3 is 34.2 Å². The quantitative estimate of drug-likeness (QED) is 0.0639. The zero-order chi connectivity index (χ0) is 47.0. The van der Waals surface area contributed by atoms with Crippen molar-refractivity contribution in [2.45, 2.75) is 55.9 Å². The summed E-state index contributed by atoms with van der Waals surface area (Å²) in [4.78, 5) is 100.